The summed E-state index contributed by atoms with van der Waals surface area (Å²) >= 11 is 0. The summed E-state index contributed by atoms with van der Waals surface area (Å²) in [5.74, 6) is 0.382. The quantitative estimate of drug-likeness (QED) is 0.849. The minimum absolute atomic E-state index is 0. The number of benzene rings is 2. The van der Waals surface area contributed by atoms with Gasteiger partial charge in [0.2, 0.25) is 0 Å². The van der Waals surface area contributed by atoms with Gasteiger partial charge in [-0.2, -0.15) is 0 Å². The number of methoxy groups -OCH3 is 1. The molecule has 0 atom stereocenters. The van der Waals surface area contributed by atoms with Crippen molar-refractivity contribution < 1.29 is 9.53 Å². The van der Waals surface area contributed by atoms with Gasteiger partial charge in [0.1, 0.15) is 5.75 Å². The van der Waals surface area contributed by atoms with Gasteiger partial charge < -0.3 is 15.8 Å². The molecule has 2 aromatic carbocycles. The second kappa shape index (κ2) is 6.66. The van der Waals surface area contributed by atoms with Crippen LogP contribution < -0.4 is 15.8 Å². The van der Waals surface area contributed by atoms with Crippen molar-refractivity contribution in [3.05, 3.63) is 54.1 Å². The number of carbonyl (C=O) groups is 1. The first-order valence-corrected chi connectivity index (χ1v) is 5.50. The van der Waals surface area contributed by atoms with Gasteiger partial charge in [-0.25, -0.2) is 0 Å². The molecular formula is C14H15ClN2O2. The number of anilines is 2. The predicted molar refractivity (Wildman–Crippen MR) is 79.0 cm³/mol. The summed E-state index contributed by atoms with van der Waals surface area (Å²) in [6.45, 7) is 0. The van der Waals surface area contributed by atoms with Gasteiger partial charge in [0, 0.05) is 11.3 Å². The van der Waals surface area contributed by atoms with E-state index in [1.807, 2.05) is 18.2 Å². The molecule has 2 rings (SSSR count). The standard InChI is InChI=1S/C14H14N2O2.ClH/c1-18-13-8-7-11(15)9-12(13)16-14(17)10-5-3-2-4-6-10;/h2-9H,15H2,1H3,(H,16,17);1H. The van der Waals surface area contributed by atoms with Crippen LogP contribution in [0.2, 0.25) is 0 Å². The van der Waals surface area contributed by atoms with Crippen LogP contribution in [0, 0.1) is 0 Å². The molecule has 0 saturated heterocycles. The van der Waals surface area contributed by atoms with Crippen LogP contribution in [0.1, 0.15) is 10.4 Å². The summed E-state index contributed by atoms with van der Waals surface area (Å²) in [5.41, 5.74) is 7.41. The molecule has 0 aromatic heterocycles. The van der Waals surface area contributed by atoms with Crippen LogP contribution in [0.15, 0.2) is 48.5 Å². The predicted octanol–water partition coefficient (Wildman–Crippen LogP) is 2.95. The summed E-state index contributed by atoms with van der Waals surface area (Å²) < 4.78 is 5.17. The van der Waals surface area contributed by atoms with E-state index in [0.29, 0.717) is 22.7 Å². The molecule has 0 saturated carbocycles. The van der Waals surface area contributed by atoms with E-state index in [-0.39, 0.29) is 18.3 Å². The molecule has 0 fully saturated rings. The van der Waals surface area contributed by atoms with Crippen molar-refractivity contribution in [3.63, 3.8) is 0 Å². The molecule has 0 heterocycles. The largest absolute Gasteiger partial charge is 0.495 e. The van der Waals surface area contributed by atoms with E-state index in [2.05, 4.69) is 5.32 Å². The van der Waals surface area contributed by atoms with Crippen LogP contribution in [-0.4, -0.2) is 13.0 Å². The Bertz CT molecular complexity index is 559. The van der Waals surface area contributed by atoms with Crippen molar-refractivity contribution in [2.24, 2.45) is 0 Å². The molecule has 0 aliphatic carbocycles. The fourth-order valence-corrected chi connectivity index (χ4v) is 1.61. The van der Waals surface area contributed by atoms with E-state index in [4.69, 9.17) is 10.5 Å². The Morgan fingerprint density at radius 1 is 1.16 bits per heavy atom. The van der Waals surface area contributed by atoms with E-state index >= 15 is 0 Å². The maximum atomic E-state index is 12.0. The topological polar surface area (TPSA) is 64.3 Å². The van der Waals surface area contributed by atoms with Gasteiger partial charge >= 0.3 is 0 Å². The average molecular weight is 279 g/mol. The SMILES string of the molecule is COc1ccc(N)cc1NC(=O)c1ccccc1.Cl. The van der Waals surface area contributed by atoms with Crippen molar-refractivity contribution in [3.8, 4) is 5.75 Å². The molecular weight excluding hydrogens is 264 g/mol. The molecule has 0 radical (unpaired) electrons. The highest BCUT2D eigenvalue weighted by Gasteiger charge is 2.09. The lowest BCUT2D eigenvalue weighted by Crippen LogP contribution is -2.12. The Balaban J connectivity index is 0.00000180. The molecule has 0 aliphatic rings. The van der Waals surface area contributed by atoms with Gasteiger partial charge in [0.15, 0.2) is 0 Å². The van der Waals surface area contributed by atoms with Gasteiger partial charge in [-0.1, -0.05) is 18.2 Å². The Morgan fingerprint density at radius 2 is 1.84 bits per heavy atom. The number of ether oxygens (including phenoxy) is 1. The third-order valence-electron chi connectivity index (χ3n) is 2.51. The number of halogens is 1. The summed E-state index contributed by atoms with van der Waals surface area (Å²) in [6.07, 6.45) is 0. The molecule has 4 nitrogen and oxygen atoms in total. The van der Waals surface area contributed by atoms with Crippen molar-refractivity contribution in [1.82, 2.24) is 0 Å². The molecule has 0 spiro atoms. The molecule has 3 N–H and O–H groups in total. The number of amides is 1. The Labute approximate surface area is 118 Å². The van der Waals surface area contributed by atoms with Gasteiger partial charge in [0.25, 0.3) is 5.91 Å². The van der Waals surface area contributed by atoms with Crippen LogP contribution in [0.25, 0.3) is 0 Å². The Hall–Kier alpha value is -2.20. The lowest BCUT2D eigenvalue weighted by Gasteiger charge is -2.10. The summed E-state index contributed by atoms with van der Waals surface area (Å²) in [5, 5.41) is 2.77. The third-order valence-corrected chi connectivity index (χ3v) is 2.51. The number of hydrogen-bond donors (Lipinski definition) is 2. The summed E-state index contributed by atoms with van der Waals surface area (Å²) in [7, 11) is 1.55. The van der Waals surface area contributed by atoms with Crippen LogP contribution in [0.5, 0.6) is 5.75 Å². The molecule has 0 unspecified atom stereocenters. The lowest BCUT2D eigenvalue weighted by atomic mass is 10.2. The van der Waals surface area contributed by atoms with E-state index in [1.165, 1.54) is 0 Å². The van der Waals surface area contributed by atoms with Crippen molar-refractivity contribution in [2.75, 3.05) is 18.2 Å². The van der Waals surface area contributed by atoms with Gasteiger partial charge in [-0.15, -0.1) is 12.4 Å². The highest BCUT2D eigenvalue weighted by molar-refractivity contribution is 6.05. The normalized spacial score (nSPS) is 9.32. The number of rotatable bonds is 3. The van der Waals surface area contributed by atoms with E-state index in [9.17, 15) is 4.79 Å². The van der Waals surface area contributed by atoms with E-state index in [0.717, 1.165) is 0 Å². The molecule has 1 amide bonds. The van der Waals surface area contributed by atoms with Crippen molar-refractivity contribution >= 4 is 29.7 Å². The zero-order valence-electron chi connectivity index (χ0n) is 10.4. The fraction of sp³-hybridized carbons (Fsp3) is 0.0714. The highest BCUT2D eigenvalue weighted by atomic mass is 35.5. The van der Waals surface area contributed by atoms with Crippen LogP contribution in [0.3, 0.4) is 0 Å². The van der Waals surface area contributed by atoms with Gasteiger partial charge in [-0.3, -0.25) is 4.79 Å². The maximum Gasteiger partial charge on any atom is 0.255 e. The Kier molecular flexibility index (Phi) is 5.21. The molecule has 5 heteroatoms. The first-order chi connectivity index (χ1) is 8.70. The number of carbonyl (C=O) groups excluding carboxylic acids is 1. The summed E-state index contributed by atoms with van der Waals surface area (Å²) in [4.78, 5) is 12.0. The molecule has 0 bridgehead atoms. The zero-order valence-corrected chi connectivity index (χ0v) is 11.2. The van der Waals surface area contributed by atoms with Crippen molar-refractivity contribution in [2.45, 2.75) is 0 Å². The highest BCUT2D eigenvalue weighted by Crippen LogP contribution is 2.26. The monoisotopic (exact) mass is 278 g/mol. The molecule has 100 valence electrons. The van der Waals surface area contributed by atoms with E-state index in [1.54, 1.807) is 37.4 Å². The van der Waals surface area contributed by atoms with Crippen molar-refractivity contribution in [1.29, 1.82) is 0 Å². The van der Waals surface area contributed by atoms with Crippen LogP contribution >= 0.6 is 12.4 Å². The van der Waals surface area contributed by atoms with Gasteiger partial charge in [-0.05, 0) is 30.3 Å². The minimum Gasteiger partial charge on any atom is -0.495 e. The van der Waals surface area contributed by atoms with E-state index < -0.39 is 0 Å². The van der Waals surface area contributed by atoms with Gasteiger partial charge in [0.05, 0.1) is 12.8 Å². The second-order valence-corrected chi connectivity index (χ2v) is 3.78. The first kappa shape index (κ1) is 14.9. The fourth-order valence-electron chi connectivity index (χ4n) is 1.61. The lowest BCUT2D eigenvalue weighted by molar-refractivity contribution is 0.102. The number of nitrogens with two attached hydrogens (primary N) is 1. The first-order valence-electron chi connectivity index (χ1n) is 5.50. The summed E-state index contributed by atoms with van der Waals surface area (Å²) in [6, 6.07) is 14.1. The molecule has 19 heavy (non-hydrogen) atoms. The number of hydrogen-bond acceptors (Lipinski definition) is 3. The third kappa shape index (κ3) is 3.63. The average Bonchev–Trinajstić information content (AvgIpc) is 2.40. The second-order valence-electron chi connectivity index (χ2n) is 3.78. The smallest absolute Gasteiger partial charge is 0.255 e. The minimum atomic E-state index is -0.195. The van der Waals surface area contributed by atoms with Crippen LogP contribution in [0.4, 0.5) is 11.4 Å². The zero-order chi connectivity index (χ0) is 13.0. The molecule has 0 aliphatic heterocycles. The number of nitrogens with one attached hydrogen (secondary N) is 1. The number of nitrogen functional groups attached to an aromatic ring is 1. The Morgan fingerprint density at radius 3 is 2.47 bits per heavy atom. The maximum absolute atomic E-state index is 12.0. The molecule has 2 aromatic rings. The van der Waals surface area contributed by atoms with Crippen LogP contribution in [-0.2, 0) is 0 Å².